The molecule has 4 nitrogen and oxygen atoms in total. The molecule has 0 radical (unpaired) electrons. The van der Waals surface area contributed by atoms with Crippen LogP contribution >= 0.6 is 0 Å². The molecule has 1 aromatic carbocycles. The Balaban J connectivity index is 2.77. The Morgan fingerprint density at radius 2 is 2.05 bits per heavy atom. The summed E-state index contributed by atoms with van der Waals surface area (Å²) in [6.07, 6.45) is 0.913. The van der Waals surface area contributed by atoms with E-state index in [4.69, 9.17) is 5.73 Å². The third-order valence-corrected chi connectivity index (χ3v) is 2.78. The van der Waals surface area contributed by atoms with Crippen molar-refractivity contribution in [2.24, 2.45) is 5.73 Å². The minimum Gasteiger partial charge on any atom is -0.468 e. The Morgan fingerprint density at radius 3 is 2.63 bits per heavy atom. The first kappa shape index (κ1) is 15.6. The number of hydrogen-bond donors (Lipinski definition) is 1. The minimum atomic E-state index is -0.299. The van der Waals surface area contributed by atoms with Crippen molar-refractivity contribution in [1.29, 1.82) is 0 Å². The van der Waals surface area contributed by atoms with Crippen molar-refractivity contribution in [3.05, 3.63) is 35.1 Å². The number of esters is 1. The lowest BCUT2D eigenvalue weighted by molar-refractivity contribution is -0.142. The highest BCUT2D eigenvalue weighted by molar-refractivity contribution is 5.71. The van der Waals surface area contributed by atoms with E-state index in [1.807, 2.05) is 17.9 Å². The summed E-state index contributed by atoms with van der Waals surface area (Å²) in [7, 11) is 1.36. The molecule has 2 N–H and O–H groups in total. The Hall–Kier alpha value is -1.46. The molecule has 0 aromatic heterocycles. The molecule has 0 aliphatic rings. The summed E-state index contributed by atoms with van der Waals surface area (Å²) in [5.74, 6) is -0.587. The number of benzene rings is 1. The summed E-state index contributed by atoms with van der Waals surface area (Å²) >= 11 is 0. The van der Waals surface area contributed by atoms with Gasteiger partial charge in [-0.05, 0) is 36.2 Å². The summed E-state index contributed by atoms with van der Waals surface area (Å²) in [6, 6.07) is 4.76. The fraction of sp³-hybridized carbons (Fsp3) is 0.500. The monoisotopic (exact) mass is 268 g/mol. The smallest absolute Gasteiger partial charge is 0.319 e. The van der Waals surface area contributed by atoms with E-state index >= 15 is 0 Å². The molecule has 0 heterocycles. The van der Waals surface area contributed by atoms with Crippen LogP contribution < -0.4 is 5.73 Å². The second-order valence-corrected chi connectivity index (χ2v) is 4.46. The number of nitrogens with two attached hydrogens (primary N) is 1. The minimum absolute atomic E-state index is 0.207. The first-order valence-electron chi connectivity index (χ1n) is 6.36. The van der Waals surface area contributed by atoms with Gasteiger partial charge in [-0.25, -0.2) is 4.39 Å². The number of hydrogen-bond acceptors (Lipinski definition) is 4. The standard InChI is InChI=1S/C14H21FN2O2/c1-3-4-17(10-14(18)19-2)9-12-5-11(8-16)6-13(15)7-12/h5-7H,3-4,8-10,16H2,1-2H3. The maximum Gasteiger partial charge on any atom is 0.319 e. The average molecular weight is 268 g/mol. The van der Waals surface area contributed by atoms with Crippen LogP contribution in [-0.4, -0.2) is 31.1 Å². The molecular weight excluding hydrogens is 247 g/mol. The van der Waals surface area contributed by atoms with Gasteiger partial charge < -0.3 is 10.5 Å². The molecule has 0 unspecified atom stereocenters. The SMILES string of the molecule is CCCN(CC(=O)OC)Cc1cc(F)cc(CN)c1. The second kappa shape index (κ2) is 7.86. The average Bonchev–Trinajstić information content (AvgIpc) is 2.38. The number of halogens is 1. The summed E-state index contributed by atoms with van der Waals surface area (Å²) in [4.78, 5) is 13.3. The third kappa shape index (κ3) is 5.36. The predicted molar refractivity (Wildman–Crippen MR) is 71.9 cm³/mol. The summed E-state index contributed by atoms with van der Waals surface area (Å²) in [6.45, 7) is 3.80. The van der Waals surface area contributed by atoms with Crippen LogP contribution in [0.1, 0.15) is 24.5 Å². The van der Waals surface area contributed by atoms with E-state index in [-0.39, 0.29) is 18.3 Å². The van der Waals surface area contributed by atoms with Gasteiger partial charge in [-0.2, -0.15) is 0 Å². The number of carbonyl (C=O) groups is 1. The van der Waals surface area contributed by atoms with E-state index in [1.165, 1.54) is 19.2 Å². The zero-order valence-electron chi connectivity index (χ0n) is 11.5. The highest BCUT2D eigenvalue weighted by Crippen LogP contribution is 2.12. The van der Waals surface area contributed by atoms with Crippen LogP contribution in [0.3, 0.4) is 0 Å². The fourth-order valence-corrected chi connectivity index (χ4v) is 1.96. The van der Waals surface area contributed by atoms with Gasteiger partial charge in [0.2, 0.25) is 0 Å². The molecule has 0 bridgehead atoms. The van der Waals surface area contributed by atoms with Gasteiger partial charge in [0.25, 0.3) is 0 Å². The zero-order chi connectivity index (χ0) is 14.3. The lowest BCUT2D eigenvalue weighted by Gasteiger charge is -2.20. The molecule has 0 saturated carbocycles. The summed E-state index contributed by atoms with van der Waals surface area (Å²) in [5.41, 5.74) is 7.10. The second-order valence-electron chi connectivity index (χ2n) is 4.46. The van der Waals surface area contributed by atoms with Crippen molar-refractivity contribution in [3.8, 4) is 0 Å². The quantitative estimate of drug-likeness (QED) is 0.764. The van der Waals surface area contributed by atoms with Crippen molar-refractivity contribution in [3.63, 3.8) is 0 Å². The van der Waals surface area contributed by atoms with Gasteiger partial charge in [0, 0.05) is 13.1 Å². The van der Waals surface area contributed by atoms with Crippen molar-refractivity contribution >= 4 is 5.97 Å². The summed E-state index contributed by atoms with van der Waals surface area (Å²) in [5, 5.41) is 0. The molecule has 0 fully saturated rings. The summed E-state index contributed by atoms with van der Waals surface area (Å²) < 4.78 is 18.1. The van der Waals surface area contributed by atoms with E-state index in [2.05, 4.69) is 4.74 Å². The fourth-order valence-electron chi connectivity index (χ4n) is 1.96. The zero-order valence-corrected chi connectivity index (χ0v) is 11.5. The number of nitrogens with zero attached hydrogens (tertiary/aromatic N) is 1. The Labute approximate surface area is 113 Å². The van der Waals surface area contributed by atoms with Gasteiger partial charge >= 0.3 is 5.97 Å². The molecule has 106 valence electrons. The Bertz CT molecular complexity index is 424. The molecular formula is C14H21FN2O2. The molecule has 0 atom stereocenters. The first-order chi connectivity index (χ1) is 9.08. The Morgan fingerprint density at radius 1 is 1.37 bits per heavy atom. The van der Waals surface area contributed by atoms with E-state index in [1.54, 1.807) is 0 Å². The van der Waals surface area contributed by atoms with Crippen LogP contribution in [0.5, 0.6) is 0 Å². The van der Waals surface area contributed by atoms with Crippen molar-refractivity contribution < 1.29 is 13.9 Å². The van der Waals surface area contributed by atoms with E-state index in [9.17, 15) is 9.18 Å². The maximum atomic E-state index is 13.4. The van der Waals surface area contributed by atoms with Gasteiger partial charge in [-0.15, -0.1) is 0 Å². The molecule has 5 heteroatoms. The lowest BCUT2D eigenvalue weighted by atomic mass is 10.1. The van der Waals surface area contributed by atoms with Crippen LogP contribution in [0.25, 0.3) is 0 Å². The maximum absolute atomic E-state index is 13.4. The predicted octanol–water partition coefficient (Wildman–Crippen LogP) is 1.67. The van der Waals surface area contributed by atoms with Gasteiger partial charge in [0.05, 0.1) is 13.7 Å². The molecule has 19 heavy (non-hydrogen) atoms. The van der Waals surface area contributed by atoms with Gasteiger partial charge in [-0.3, -0.25) is 9.69 Å². The highest BCUT2D eigenvalue weighted by atomic mass is 19.1. The first-order valence-corrected chi connectivity index (χ1v) is 6.36. The molecule has 0 spiro atoms. The number of ether oxygens (including phenoxy) is 1. The highest BCUT2D eigenvalue weighted by Gasteiger charge is 2.11. The van der Waals surface area contributed by atoms with Crippen molar-refractivity contribution in [2.45, 2.75) is 26.4 Å². The van der Waals surface area contributed by atoms with Crippen LogP contribution in [0.15, 0.2) is 18.2 Å². The van der Waals surface area contributed by atoms with E-state index in [0.29, 0.717) is 13.1 Å². The third-order valence-electron chi connectivity index (χ3n) is 2.78. The molecule has 1 aromatic rings. The molecule has 0 amide bonds. The van der Waals surface area contributed by atoms with Crippen molar-refractivity contribution in [1.82, 2.24) is 4.90 Å². The molecule has 0 saturated heterocycles. The lowest BCUT2D eigenvalue weighted by Crippen LogP contribution is -2.31. The Kier molecular flexibility index (Phi) is 6.45. The molecule has 1 rings (SSSR count). The van der Waals surface area contributed by atoms with Gasteiger partial charge in [-0.1, -0.05) is 13.0 Å². The van der Waals surface area contributed by atoms with Crippen LogP contribution in [0.2, 0.25) is 0 Å². The van der Waals surface area contributed by atoms with Crippen molar-refractivity contribution in [2.75, 3.05) is 20.2 Å². The normalized spacial score (nSPS) is 10.8. The van der Waals surface area contributed by atoms with Crippen LogP contribution in [0, 0.1) is 5.82 Å². The number of rotatable bonds is 7. The van der Waals surface area contributed by atoms with Gasteiger partial charge in [0.1, 0.15) is 5.82 Å². The number of methoxy groups -OCH3 is 1. The van der Waals surface area contributed by atoms with Crippen LogP contribution in [-0.2, 0) is 22.6 Å². The van der Waals surface area contributed by atoms with E-state index in [0.717, 1.165) is 24.1 Å². The van der Waals surface area contributed by atoms with E-state index < -0.39 is 0 Å². The topological polar surface area (TPSA) is 55.6 Å². The largest absolute Gasteiger partial charge is 0.468 e. The molecule has 0 aliphatic heterocycles. The van der Waals surface area contributed by atoms with Gasteiger partial charge in [0.15, 0.2) is 0 Å². The van der Waals surface area contributed by atoms with Crippen LogP contribution in [0.4, 0.5) is 4.39 Å². The number of carbonyl (C=O) groups excluding carboxylic acids is 1. The molecule has 0 aliphatic carbocycles.